The maximum absolute atomic E-state index is 5.42. The molecule has 0 spiro atoms. The molecule has 1 unspecified atom stereocenters. The molecule has 0 aromatic rings. The molecule has 0 aromatic carbocycles. The highest BCUT2D eigenvalue weighted by atomic mass is 16.5. The minimum atomic E-state index is 0.0394. The predicted octanol–water partition coefficient (Wildman–Crippen LogP) is 1.62. The summed E-state index contributed by atoms with van der Waals surface area (Å²) in [5, 5.41) is 0. The molecule has 0 saturated carbocycles. The van der Waals surface area contributed by atoms with Crippen molar-refractivity contribution in [1.29, 1.82) is 0 Å². The SMILES string of the molecule is C=C[C@H]1C=NC1OC(C)C. The minimum absolute atomic E-state index is 0.0394. The van der Waals surface area contributed by atoms with Gasteiger partial charge in [0.1, 0.15) is 0 Å². The van der Waals surface area contributed by atoms with Crippen molar-refractivity contribution >= 4 is 6.21 Å². The lowest BCUT2D eigenvalue weighted by Crippen LogP contribution is -2.32. The number of hydrogen-bond donors (Lipinski definition) is 0. The average Bonchev–Trinajstić information content (AvgIpc) is 1.82. The van der Waals surface area contributed by atoms with E-state index < -0.39 is 0 Å². The van der Waals surface area contributed by atoms with E-state index in [1.54, 1.807) is 0 Å². The van der Waals surface area contributed by atoms with Gasteiger partial charge >= 0.3 is 0 Å². The highest BCUT2D eigenvalue weighted by Crippen LogP contribution is 2.18. The van der Waals surface area contributed by atoms with E-state index in [0.717, 1.165) is 0 Å². The summed E-state index contributed by atoms with van der Waals surface area (Å²) in [7, 11) is 0. The second-order valence-corrected chi connectivity index (χ2v) is 2.69. The number of hydrogen-bond acceptors (Lipinski definition) is 2. The van der Waals surface area contributed by atoms with Crippen molar-refractivity contribution in [1.82, 2.24) is 0 Å². The Hall–Kier alpha value is -0.630. The van der Waals surface area contributed by atoms with Crippen molar-refractivity contribution in [2.24, 2.45) is 10.9 Å². The first-order chi connectivity index (χ1) is 4.74. The Morgan fingerprint density at radius 2 is 2.40 bits per heavy atom. The first-order valence-electron chi connectivity index (χ1n) is 3.55. The number of rotatable bonds is 3. The third-order valence-corrected chi connectivity index (χ3v) is 1.42. The molecular formula is C8H13NO. The molecule has 0 aliphatic carbocycles. The molecule has 1 heterocycles. The lowest BCUT2D eigenvalue weighted by Gasteiger charge is -2.27. The van der Waals surface area contributed by atoms with E-state index in [1.165, 1.54) is 0 Å². The lowest BCUT2D eigenvalue weighted by atomic mass is 10.1. The van der Waals surface area contributed by atoms with Gasteiger partial charge < -0.3 is 4.74 Å². The molecule has 10 heavy (non-hydrogen) atoms. The molecule has 0 N–H and O–H groups in total. The van der Waals surface area contributed by atoms with E-state index in [1.807, 2.05) is 26.1 Å². The highest BCUT2D eigenvalue weighted by Gasteiger charge is 2.24. The molecule has 56 valence electrons. The summed E-state index contributed by atoms with van der Waals surface area (Å²) >= 11 is 0. The zero-order valence-electron chi connectivity index (χ0n) is 6.45. The molecule has 1 rings (SSSR count). The van der Waals surface area contributed by atoms with Crippen LogP contribution in [0.5, 0.6) is 0 Å². The van der Waals surface area contributed by atoms with Crippen molar-refractivity contribution < 1.29 is 4.74 Å². The van der Waals surface area contributed by atoms with Gasteiger partial charge in [0.05, 0.1) is 12.0 Å². The fourth-order valence-corrected chi connectivity index (χ4v) is 0.838. The molecule has 0 saturated heterocycles. The van der Waals surface area contributed by atoms with Crippen LogP contribution in [-0.2, 0) is 4.74 Å². The molecule has 0 radical (unpaired) electrons. The van der Waals surface area contributed by atoms with Crippen LogP contribution in [0.2, 0.25) is 0 Å². The molecule has 0 aromatic heterocycles. The fourth-order valence-electron chi connectivity index (χ4n) is 0.838. The van der Waals surface area contributed by atoms with Crippen LogP contribution in [0.15, 0.2) is 17.6 Å². The predicted molar refractivity (Wildman–Crippen MR) is 42.2 cm³/mol. The molecule has 2 nitrogen and oxygen atoms in total. The van der Waals surface area contributed by atoms with Crippen molar-refractivity contribution in [3.8, 4) is 0 Å². The van der Waals surface area contributed by atoms with Crippen LogP contribution in [-0.4, -0.2) is 18.5 Å². The van der Waals surface area contributed by atoms with E-state index in [4.69, 9.17) is 4.74 Å². The Kier molecular flexibility index (Phi) is 2.22. The van der Waals surface area contributed by atoms with E-state index in [0.29, 0.717) is 5.92 Å². The summed E-state index contributed by atoms with van der Waals surface area (Å²) in [4.78, 5) is 4.04. The first kappa shape index (κ1) is 7.48. The van der Waals surface area contributed by atoms with Crippen LogP contribution in [0.4, 0.5) is 0 Å². The van der Waals surface area contributed by atoms with Crippen LogP contribution in [0, 0.1) is 5.92 Å². The topological polar surface area (TPSA) is 21.6 Å². The van der Waals surface area contributed by atoms with E-state index in [2.05, 4.69) is 11.6 Å². The van der Waals surface area contributed by atoms with Gasteiger partial charge in [-0.05, 0) is 13.8 Å². The minimum Gasteiger partial charge on any atom is -0.353 e. The Balaban J connectivity index is 2.32. The first-order valence-corrected chi connectivity index (χ1v) is 3.55. The van der Waals surface area contributed by atoms with Crippen LogP contribution in [0.3, 0.4) is 0 Å². The third kappa shape index (κ3) is 1.45. The number of nitrogens with zero attached hydrogens (tertiary/aromatic N) is 1. The summed E-state index contributed by atoms with van der Waals surface area (Å²) in [6.07, 6.45) is 4.02. The Morgan fingerprint density at radius 3 is 2.70 bits per heavy atom. The normalized spacial score (nSPS) is 30.3. The Morgan fingerprint density at radius 1 is 1.70 bits per heavy atom. The van der Waals surface area contributed by atoms with Crippen molar-refractivity contribution in [3.63, 3.8) is 0 Å². The Bertz CT molecular complexity index is 151. The van der Waals surface area contributed by atoms with E-state index >= 15 is 0 Å². The van der Waals surface area contributed by atoms with Gasteiger partial charge in [0.15, 0.2) is 6.23 Å². The molecule has 0 amide bonds. The summed E-state index contributed by atoms with van der Waals surface area (Å²) < 4.78 is 5.42. The summed E-state index contributed by atoms with van der Waals surface area (Å²) in [6, 6.07) is 0. The summed E-state index contributed by atoms with van der Waals surface area (Å²) in [5.74, 6) is 0.336. The second-order valence-electron chi connectivity index (χ2n) is 2.69. The van der Waals surface area contributed by atoms with Crippen molar-refractivity contribution in [3.05, 3.63) is 12.7 Å². The fraction of sp³-hybridized carbons (Fsp3) is 0.625. The zero-order valence-corrected chi connectivity index (χ0v) is 6.45. The smallest absolute Gasteiger partial charge is 0.159 e. The van der Waals surface area contributed by atoms with Crippen LogP contribution in [0.25, 0.3) is 0 Å². The average molecular weight is 139 g/mol. The van der Waals surface area contributed by atoms with Crippen LogP contribution >= 0.6 is 0 Å². The summed E-state index contributed by atoms with van der Waals surface area (Å²) in [5.41, 5.74) is 0. The van der Waals surface area contributed by atoms with Gasteiger partial charge in [-0.2, -0.15) is 0 Å². The largest absolute Gasteiger partial charge is 0.353 e. The third-order valence-electron chi connectivity index (χ3n) is 1.42. The van der Waals surface area contributed by atoms with Gasteiger partial charge in [0.25, 0.3) is 0 Å². The molecule has 1 aliphatic heterocycles. The standard InChI is InChI=1S/C8H13NO/c1-4-7-5-9-8(7)10-6(2)3/h4-8H,1H2,2-3H3/t7-,8?/m0/s1. The van der Waals surface area contributed by atoms with Gasteiger partial charge in [-0.15, -0.1) is 6.58 Å². The molecule has 2 atom stereocenters. The van der Waals surface area contributed by atoms with E-state index in [-0.39, 0.29) is 12.3 Å². The van der Waals surface area contributed by atoms with Crippen molar-refractivity contribution in [2.45, 2.75) is 26.2 Å². The van der Waals surface area contributed by atoms with E-state index in [9.17, 15) is 0 Å². The quantitative estimate of drug-likeness (QED) is 0.544. The van der Waals surface area contributed by atoms with Gasteiger partial charge in [-0.25, -0.2) is 0 Å². The molecule has 1 aliphatic rings. The van der Waals surface area contributed by atoms with Gasteiger partial charge in [0.2, 0.25) is 0 Å². The Labute approximate surface area is 61.6 Å². The maximum Gasteiger partial charge on any atom is 0.159 e. The molecule has 2 heteroatoms. The zero-order chi connectivity index (χ0) is 7.56. The van der Waals surface area contributed by atoms with Gasteiger partial charge in [0, 0.05) is 6.21 Å². The lowest BCUT2D eigenvalue weighted by molar-refractivity contribution is -0.00668. The number of aliphatic imine (C=N–C) groups is 1. The molecule has 0 bridgehead atoms. The van der Waals surface area contributed by atoms with Crippen molar-refractivity contribution in [2.75, 3.05) is 0 Å². The maximum atomic E-state index is 5.42. The molecular weight excluding hydrogens is 126 g/mol. The van der Waals surface area contributed by atoms with Gasteiger partial charge in [-0.3, -0.25) is 4.99 Å². The molecule has 0 fully saturated rings. The monoisotopic (exact) mass is 139 g/mol. The van der Waals surface area contributed by atoms with Crippen LogP contribution in [0.1, 0.15) is 13.8 Å². The highest BCUT2D eigenvalue weighted by molar-refractivity contribution is 5.69. The summed E-state index contributed by atoms with van der Waals surface area (Å²) in [6.45, 7) is 7.68. The second kappa shape index (κ2) is 2.97. The van der Waals surface area contributed by atoms with Gasteiger partial charge in [-0.1, -0.05) is 6.08 Å². The van der Waals surface area contributed by atoms with Crippen LogP contribution < -0.4 is 0 Å². The number of ether oxygens (including phenoxy) is 1.